The van der Waals surface area contributed by atoms with E-state index >= 15 is 0 Å². The Bertz CT molecular complexity index is 1220. The Morgan fingerprint density at radius 3 is 2.51 bits per heavy atom. The highest BCUT2D eigenvalue weighted by Gasteiger charge is 2.29. The van der Waals surface area contributed by atoms with Crippen molar-refractivity contribution in [2.75, 3.05) is 37.7 Å². The zero-order valence-corrected chi connectivity index (χ0v) is 21.9. The number of carbonyl (C=O) groups excluding carboxylic acids is 2. The molecule has 3 aromatic rings. The third-order valence-electron chi connectivity index (χ3n) is 6.81. The Hall–Kier alpha value is -3.33. The molecule has 1 amide bonds. The summed E-state index contributed by atoms with van der Waals surface area (Å²) < 4.78 is 11.0. The molecule has 2 aliphatic rings. The molecule has 0 atom stereocenters. The molecule has 0 saturated carbocycles. The summed E-state index contributed by atoms with van der Waals surface area (Å²) in [5, 5.41) is 0.688. The largest absolute Gasteiger partial charge is 0.466 e. The molecule has 5 rings (SSSR count). The fourth-order valence-electron chi connectivity index (χ4n) is 4.78. The normalized spacial score (nSPS) is 16.2. The minimum atomic E-state index is -0.168. The lowest BCUT2D eigenvalue weighted by atomic mass is 9.97. The van der Waals surface area contributed by atoms with E-state index in [9.17, 15) is 9.59 Å². The number of aromatic nitrogens is 2. The number of benzene rings is 1. The average molecular weight is 521 g/mol. The lowest BCUT2D eigenvalue weighted by Gasteiger charge is -2.30. The zero-order valence-electron chi connectivity index (χ0n) is 21.1. The van der Waals surface area contributed by atoms with Crippen LogP contribution in [-0.4, -0.2) is 59.5 Å². The monoisotopic (exact) mass is 520 g/mol. The second-order valence-electron chi connectivity index (χ2n) is 9.33. The molecule has 4 heterocycles. The third-order valence-corrected chi connectivity index (χ3v) is 7.68. The van der Waals surface area contributed by atoms with E-state index in [1.807, 2.05) is 31.2 Å². The van der Waals surface area contributed by atoms with Gasteiger partial charge in [-0.25, -0.2) is 9.97 Å². The van der Waals surface area contributed by atoms with Crippen molar-refractivity contribution in [2.24, 2.45) is 5.92 Å². The summed E-state index contributed by atoms with van der Waals surface area (Å²) >= 11 is 1.51. The van der Waals surface area contributed by atoms with E-state index in [0.717, 1.165) is 30.2 Å². The number of amides is 1. The lowest BCUT2D eigenvalue weighted by molar-refractivity contribution is -0.149. The molecule has 0 radical (unpaired) electrons. The highest BCUT2D eigenvalue weighted by molar-refractivity contribution is 7.98. The molecule has 0 unspecified atom stereocenters. The second-order valence-corrected chi connectivity index (χ2v) is 10.3. The standard InChI is InChI=1S/C28H32N4O4S/c1-2-35-27(34)21-12-16-32(17-13-21)26(33)24-11-10-22(36-24)19-37-28-29-23(20-8-4-3-5-9-20)18-25(30-28)31-14-6-7-15-31/h3-5,8-11,18,21H,2,6-7,12-17,19H2,1H3. The van der Waals surface area contributed by atoms with Crippen molar-refractivity contribution in [3.8, 4) is 11.3 Å². The molecule has 1 aromatic carbocycles. The van der Waals surface area contributed by atoms with Crippen LogP contribution < -0.4 is 4.90 Å². The van der Waals surface area contributed by atoms with Crippen LogP contribution in [0.15, 0.2) is 58.1 Å². The maximum absolute atomic E-state index is 13.0. The predicted molar refractivity (Wildman–Crippen MR) is 142 cm³/mol. The van der Waals surface area contributed by atoms with E-state index in [-0.39, 0.29) is 17.8 Å². The van der Waals surface area contributed by atoms with Gasteiger partial charge in [0.15, 0.2) is 10.9 Å². The van der Waals surface area contributed by atoms with Crippen molar-refractivity contribution in [2.45, 2.75) is 43.5 Å². The van der Waals surface area contributed by atoms with Crippen LogP contribution in [0.5, 0.6) is 0 Å². The van der Waals surface area contributed by atoms with Crippen LogP contribution in [-0.2, 0) is 15.3 Å². The van der Waals surface area contributed by atoms with Gasteiger partial charge in [-0.3, -0.25) is 9.59 Å². The minimum absolute atomic E-state index is 0.135. The number of anilines is 1. The van der Waals surface area contributed by atoms with Crippen molar-refractivity contribution in [3.05, 3.63) is 60.1 Å². The first kappa shape index (κ1) is 25.3. The fraction of sp³-hybridized carbons (Fsp3) is 0.429. The minimum Gasteiger partial charge on any atom is -0.466 e. The molecular weight excluding hydrogens is 488 g/mol. The number of likely N-dealkylation sites (tertiary alicyclic amines) is 1. The number of hydrogen-bond donors (Lipinski definition) is 0. The van der Waals surface area contributed by atoms with Gasteiger partial charge in [0.1, 0.15) is 11.6 Å². The molecule has 9 heteroatoms. The first-order chi connectivity index (χ1) is 18.1. The summed E-state index contributed by atoms with van der Waals surface area (Å²) in [6, 6.07) is 15.8. The second kappa shape index (κ2) is 11.8. The van der Waals surface area contributed by atoms with Crippen molar-refractivity contribution < 1.29 is 18.7 Å². The highest BCUT2D eigenvalue weighted by Crippen LogP contribution is 2.29. The van der Waals surface area contributed by atoms with Crippen molar-refractivity contribution in [3.63, 3.8) is 0 Å². The fourth-order valence-corrected chi connectivity index (χ4v) is 5.53. The number of carbonyl (C=O) groups is 2. The summed E-state index contributed by atoms with van der Waals surface area (Å²) in [7, 11) is 0. The van der Waals surface area contributed by atoms with Crippen molar-refractivity contribution in [1.82, 2.24) is 14.9 Å². The topological polar surface area (TPSA) is 88.8 Å². The van der Waals surface area contributed by atoms with Crippen LogP contribution in [0.2, 0.25) is 0 Å². The maximum Gasteiger partial charge on any atom is 0.309 e. The van der Waals surface area contributed by atoms with Gasteiger partial charge in [0.05, 0.1) is 24.0 Å². The number of hydrogen-bond acceptors (Lipinski definition) is 8. The molecule has 2 saturated heterocycles. The Balaban J connectivity index is 1.23. The van der Waals surface area contributed by atoms with Gasteiger partial charge in [-0.05, 0) is 44.7 Å². The Kier molecular flexibility index (Phi) is 8.08. The van der Waals surface area contributed by atoms with E-state index in [1.54, 1.807) is 11.0 Å². The van der Waals surface area contributed by atoms with Crippen LogP contribution in [0, 0.1) is 5.92 Å². The Morgan fingerprint density at radius 2 is 1.78 bits per heavy atom. The van der Waals surface area contributed by atoms with Gasteiger partial charge in [0.2, 0.25) is 0 Å². The van der Waals surface area contributed by atoms with Gasteiger partial charge in [0.25, 0.3) is 5.91 Å². The molecular formula is C28H32N4O4S. The molecule has 2 aromatic heterocycles. The molecule has 2 fully saturated rings. The smallest absolute Gasteiger partial charge is 0.309 e. The number of furan rings is 1. The van der Waals surface area contributed by atoms with Gasteiger partial charge in [-0.2, -0.15) is 0 Å². The molecule has 0 N–H and O–H groups in total. The number of rotatable bonds is 8. The van der Waals surface area contributed by atoms with E-state index in [1.165, 1.54) is 24.6 Å². The molecule has 0 spiro atoms. The number of esters is 1. The number of ether oxygens (including phenoxy) is 1. The summed E-state index contributed by atoms with van der Waals surface area (Å²) in [5.74, 6) is 2.05. The highest BCUT2D eigenvalue weighted by atomic mass is 32.2. The molecule has 194 valence electrons. The lowest BCUT2D eigenvalue weighted by Crippen LogP contribution is -2.40. The SMILES string of the molecule is CCOC(=O)C1CCN(C(=O)c2ccc(CSc3nc(-c4ccccc4)cc(N4CCCC4)n3)o2)CC1. The molecule has 37 heavy (non-hydrogen) atoms. The molecule has 8 nitrogen and oxygen atoms in total. The van der Waals surface area contributed by atoms with E-state index < -0.39 is 0 Å². The summed E-state index contributed by atoms with van der Waals surface area (Å²) in [6.45, 7) is 5.25. The number of nitrogens with zero attached hydrogens (tertiary/aromatic N) is 4. The first-order valence-electron chi connectivity index (χ1n) is 13.0. The Labute approximate surface area is 221 Å². The average Bonchev–Trinajstić information content (AvgIpc) is 3.65. The van der Waals surface area contributed by atoms with Crippen molar-refractivity contribution in [1.29, 1.82) is 0 Å². The van der Waals surface area contributed by atoms with Gasteiger partial charge in [-0.1, -0.05) is 42.1 Å². The van der Waals surface area contributed by atoms with E-state index in [2.05, 4.69) is 23.1 Å². The van der Waals surface area contributed by atoms with E-state index in [0.29, 0.717) is 55.0 Å². The van der Waals surface area contributed by atoms with Crippen LogP contribution >= 0.6 is 11.8 Å². The molecule has 0 aliphatic carbocycles. The maximum atomic E-state index is 13.0. The molecule has 0 bridgehead atoms. The summed E-state index contributed by atoms with van der Waals surface area (Å²) in [6.07, 6.45) is 3.58. The third kappa shape index (κ3) is 6.15. The van der Waals surface area contributed by atoms with Crippen LogP contribution in [0.3, 0.4) is 0 Å². The number of piperidine rings is 1. The van der Waals surface area contributed by atoms with Crippen LogP contribution in [0.4, 0.5) is 5.82 Å². The molecule has 2 aliphatic heterocycles. The number of thioether (sulfide) groups is 1. The first-order valence-corrected chi connectivity index (χ1v) is 14.0. The van der Waals surface area contributed by atoms with Crippen LogP contribution in [0.25, 0.3) is 11.3 Å². The predicted octanol–water partition coefficient (Wildman–Crippen LogP) is 5.04. The van der Waals surface area contributed by atoms with Gasteiger partial charge >= 0.3 is 5.97 Å². The van der Waals surface area contributed by atoms with Gasteiger partial charge in [-0.15, -0.1) is 0 Å². The zero-order chi connectivity index (χ0) is 25.6. The van der Waals surface area contributed by atoms with Crippen molar-refractivity contribution >= 4 is 29.5 Å². The summed E-state index contributed by atoms with van der Waals surface area (Å²) in [5.41, 5.74) is 1.96. The van der Waals surface area contributed by atoms with Gasteiger partial charge < -0.3 is 19.0 Å². The summed E-state index contributed by atoms with van der Waals surface area (Å²) in [4.78, 5) is 38.6. The van der Waals surface area contributed by atoms with E-state index in [4.69, 9.17) is 19.1 Å². The quantitative estimate of drug-likeness (QED) is 0.232. The Morgan fingerprint density at radius 1 is 1.03 bits per heavy atom. The van der Waals surface area contributed by atoms with Gasteiger partial charge in [0, 0.05) is 37.8 Å². The van der Waals surface area contributed by atoms with Crippen LogP contribution in [0.1, 0.15) is 48.9 Å².